The number of fused-ring (bicyclic) bond motifs is 3. The second-order valence-corrected chi connectivity index (χ2v) is 13.0. The topological polar surface area (TPSA) is 234 Å². The van der Waals surface area contributed by atoms with Crippen molar-refractivity contribution in [1.29, 1.82) is 0 Å². The maximum Gasteiger partial charge on any atom is 0.320 e. The largest absolute Gasteiger partial charge is 0.508 e. The van der Waals surface area contributed by atoms with E-state index < -0.39 is 104 Å². The number of hydrogen-bond donors (Lipinski definition) is 8. The summed E-state index contributed by atoms with van der Waals surface area (Å²) in [5.74, 6) is -9.51. The van der Waals surface area contributed by atoms with E-state index in [0.29, 0.717) is 0 Å². The predicted octanol–water partition coefficient (Wildman–Crippen LogP) is -0.971. The van der Waals surface area contributed by atoms with Gasteiger partial charge in [0, 0.05) is 40.2 Å². The number of hydrogen-bond acceptors (Lipinski definition) is 12. The number of likely N-dealkylation sites (N-methyl/N-ethyl adjacent to an activating group) is 1. The molecule has 0 saturated heterocycles. The monoisotopic (exact) mass is 621 g/mol. The van der Waals surface area contributed by atoms with Crippen LogP contribution in [0.4, 0.5) is 0 Å². The number of nitrogens with zero attached hydrogens (tertiary/aromatic N) is 1. The van der Waals surface area contributed by atoms with Crippen molar-refractivity contribution in [2.45, 2.75) is 43.1 Å². The molecular weight excluding hydrogens is 586 g/mol. The van der Waals surface area contributed by atoms with Crippen molar-refractivity contribution in [1.82, 2.24) is 15.5 Å². The van der Waals surface area contributed by atoms with E-state index in [-0.39, 0.29) is 29.7 Å². The van der Waals surface area contributed by atoms with Gasteiger partial charge in [-0.3, -0.25) is 33.6 Å². The number of aliphatic hydroxyl groups is 4. The Morgan fingerprint density at radius 3 is 2.40 bits per heavy atom. The van der Waals surface area contributed by atoms with Crippen molar-refractivity contribution in [3.8, 4) is 5.75 Å². The Morgan fingerprint density at radius 2 is 1.81 bits per heavy atom. The average molecular weight is 622 g/mol. The Balaban J connectivity index is 1.76. The van der Waals surface area contributed by atoms with Crippen molar-refractivity contribution < 1.29 is 54.0 Å². The van der Waals surface area contributed by atoms with Crippen molar-refractivity contribution in [2.75, 3.05) is 32.8 Å². The van der Waals surface area contributed by atoms with Crippen LogP contribution in [0.25, 0.3) is 5.76 Å². The average Bonchev–Trinajstić information content (AvgIpc) is 2.90. The lowest BCUT2D eigenvalue weighted by molar-refractivity contribution is -0.159. The summed E-state index contributed by atoms with van der Waals surface area (Å²) in [6.07, 6.45) is 1.10. The number of aliphatic hydroxyl groups excluding tert-OH is 2. The molecule has 3 aliphatic rings. The van der Waals surface area contributed by atoms with Gasteiger partial charge in [0.2, 0.25) is 5.78 Å². The summed E-state index contributed by atoms with van der Waals surface area (Å²) in [7, 11) is 1.67. The minimum atomic E-state index is -2.88. The SMILES string of the molecule is CN(C)C1C(=O)C(C(=O)NCNC(CCS(C)=O)C(=O)O)=C(O)C2(O)C(=O)C3=C(O)c4c(O)cccc4C(C)(O)C3CC12. The van der Waals surface area contributed by atoms with Crippen LogP contribution in [0.3, 0.4) is 0 Å². The number of benzene rings is 1. The van der Waals surface area contributed by atoms with Gasteiger partial charge < -0.3 is 36.0 Å². The first kappa shape index (κ1) is 32.3. The third-order valence-corrected chi connectivity index (χ3v) is 9.40. The number of rotatable bonds is 9. The zero-order chi connectivity index (χ0) is 32.2. The van der Waals surface area contributed by atoms with E-state index in [2.05, 4.69) is 10.6 Å². The Bertz CT molecular complexity index is 1480. The molecule has 234 valence electrons. The summed E-state index contributed by atoms with van der Waals surface area (Å²) in [5.41, 5.74) is -6.24. The number of phenols is 1. The highest BCUT2D eigenvalue weighted by Gasteiger charge is 2.66. The minimum Gasteiger partial charge on any atom is -0.508 e. The number of nitrogens with one attached hydrogen (secondary N) is 2. The zero-order valence-corrected chi connectivity index (χ0v) is 24.8. The number of Topliss-reactive ketones (excluding diaryl/α,β-unsaturated/α-hetero) is 2. The molecule has 0 radical (unpaired) electrons. The molecule has 1 aromatic rings. The van der Waals surface area contributed by atoms with Crippen LogP contribution in [0.2, 0.25) is 0 Å². The molecule has 0 bridgehead atoms. The first-order valence-corrected chi connectivity index (χ1v) is 15.1. The number of ketones is 2. The van der Waals surface area contributed by atoms with E-state index in [0.717, 1.165) is 0 Å². The van der Waals surface area contributed by atoms with Crippen LogP contribution in [0.5, 0.6) is 5.75 Å². The van der Waals surface area contributed by atoms with Crippen LogP contribution in [0.15, 0.2) is 35.1 Å². The van der Waals surface area contributed by atoms with Crippen molar-refractivity contribution in [3.63, 3.8) is 0 Å². The molecule has 0 aliphatic heterocycles. The summed E-state index contributed by atoms with van der Waals surface area (Å²) in [5, 5.41) is 70.6. The van der Waals surface area contributed by atoms with E-state index in [9.17, 15) is 54.0 Å². The maximum atomic E-state index is 14.1. The van der Waals surface area contributed by atoms with Gasteiger partial charge in [0.15, 0.2) is 11.4 Å². The molecule has 1 aromatic carbocycles. The van der Waals surface area contributed by atoms with Crippen LogP contribution in [0, 0.1) is 11.8 Å². The molecule has 43 heavy (non-hydrogen) atoms. The summed E-state index contributed by atoms with van der Waals surface area (Å²) >= 11 is 0. The van der Waals surface area contributed by atoms with E-state index in [1.165, 1.54) is 50.4 Å². The quantitative estimate of drug-likeness (QED) is 0.123. The van der Waals surface area contributed by atoms with Gasteiger partial charge in [-0.15, -0.1) is 0 Å². The number of carbonyl (C=O) groups excluding carboxylic acids is 3. The Labute approximate surface area is 249 Å². The van der Waals surface area contributed by atoms with Crippen molar-refractivity contribution in [2.24, 2.45) is 11.8 Å². The fourth-order valence-corrected chi connectivity index (χ4v) is 6.99. The highest BCUT2D eigenvalue weighted by atomic mass is 32.2. The van der Waals surface area contributed by atoms with Crippen LogP contribution >= 0.6 is 0 Å². The zero-order valence-electron chi connectivity index (χ0n) is 23.9. The first-order valence-electron chi connectivity index (χ1n) is 13.4. The van der Waals surface area contributed by atoms with Gasteiger partial charge in [-0.25, -0.2) is 0 Å². The lowest BCUT2D eigenvalue weighted by atomic mass is 9.54. The van der Waals surface area contributed by atoms with Gasteiger partial charge in [0.1, 0.15) is 28.9 Å². The van der Waals surface area contributed by atoms with Crippen molar-refractivity contribution >= 4 is 40.0 Å². The number of carboxylic acids is 1. The molecule has 8 N–H and O–H groups in total. The predicted molar refractivity (Wildman–Crippen MR) is 152 cm³/mol. The molecule has 3 aliphatic carbocycles. The smallest absolute Gasteiger partial charge is 0.320 e. The Hall–Kier alpha value is -3.63. The van der Waals surface area contributed by atoms with E-state index in [4.69, 9.17) is 0 Å². The summed E-state index contributed by atoms with van der Waals surface area (Å²) < 4.78 is 11.4. The highest BCUT2D eigenvalue weighted by Crippen LogP contribution is 2.57. The fourth-order valence-electron chi connectivity index (χ4n) is 6.42. The van der Waals surface area contributed by atoms with E-state index in [1.54, 1.807) is 0 Å². The summed E-state index contributed by atoms with van der Waals surface area (Å²) in [6, 6.07) is 1.62. The lowest BCUT2D eigenvalue weighted by Crippen LogP contribution is -2.67. The van der Waals surface area contributed by atoms with Gasteiger partial charge in [-0.2, -0.15) is 0 Å². The maximum absolute atomic E-state index is 14.1. The molecule has 7 unspecified atom stereocenters. The number of carboxylic acid groups (broad SMARTS) is 1. The molecule has 1 amide bonds. The first-order chi connectivity index (χ1) is 20.0. The van der Waals surface area contributed by atoms with Crippen LogP contribution in [-0.2, 0) is 35.6 Å². The van der Waals surface area contributed by atoms with Crippen LogP contribution < -0.4 is 10.6 Å². The molecule has 0 aromatic heterocycles. The Morgan fingerprint density at radius 1 is 1.16 bits per heavy atom. The van der Waals surface area contributed by atoms with Crippen LogP contribution in [0.1, 0.15) is 30.9 Å². The lowest BCUT2D eigenvalue weighted by Gasteiger charge is -2.53. The second-order valence-electron chi connectivity index (χ2n) is 11.4. The molecular formula is C28H35N3O11S. The van der Waals surface area contributed by atoms with E-state index in [1.807, 2.05) is 0 Å². The molecule has 1 fully saturated rings. The Kier molecular flexibility index (Phi) is 8.61. The third-order valence-electron chi connectivity index (χ3n) is 8.59. The normalized spacial score (nSPS) is 30.0. The number of phenolic OH excluding ortho intramolecular Hbond substituents is 1. The number of aromatic hydroxyl groups is 1. The minimum absolute atomic E-state index is 0.0257. The molecule has 0 heterocycles. The van der Waals surface area contributed by atoms with Gasteiger partial charge in [-0.05, 0) is 45.5 Å². The van der Waals surface area contributed by atoms with Gasteiger partial charge in [0.25, 0.3) is 5.91 Å². The van der Waals surface area contributed by atoms with Gasteiger partial charge >= 0.3 is 5.97 Å². The molecule has 14 nitrogen and oxygen atoms in total. The molecule has 7 atom stereocenters. The van der Waals surface area contributed by atoms with Crippen molar-refractivity contribution in [3.05, 3.63) is 46.2 Å². The van der Waals surface area contributed by atoms with Gasteiger partial charge in [0.05, 0.1) is 23.9 Å². The number of carbonyl (C=O) groups is 4. The highest BCUT2D eigenvalue weighted by molar-refractivity contribution is 7.84. The fraction of sp³-hybridized carbons (Fsp3) is 0.500. The summed E-state index contributed by atoms with van der Waals surface area (Å²) in [4.78, 5) is 53.9. The van der Waals surface area contributed by atoms with Crippen LogP contribution in [-0.4, -0.2) is 114 Å². The summed E-state index contributed by atoms with van der Waals surface area (Å²) in [6.45, 7) is 0.880. The van der Waals surface area contributed by atoms with E-state index >= 15 is 0 Å². The van der Waals surface area contributed by atoms with Gasteiger partial charge in [-0.1, -0.05) is 12.1 Å². The molecule has 1 saturated carbocycles. The molecule has 4 rings (SSSR count). The third kappa shape index (κ3) is 5.14. The number of amides is 1. The standard InChI is InChI=1S/C28H35N3O11S/c1-27(40)12-6-5-7-16(32)17(12)21(33)18-13(27)10-14-20(31(2)3)22(34)19(24(36)28(14,41)23(18)35)25(37)30-11-29-15(26(38)39)8-9-43(4)42/h5-7,13-15,20,29,32-33,36,40-41H,8-11H2,1-4H3,(H,30,37)(H,38,39). The number of aliphatic carboxylic acids is 1. The molecule has 0 spiro atoms. The molecule has 15 heteroatoms. The second kappa shape index (κ2) is 11.5.